The van der Waals surface area contributed by atoms with Crippen LogP contribution >= 0.6 is 7.67 Å². The van der Waals surface area contributed by atoms with Crippen molar-refractivity contribution in [3.8, 4) is 11.8 Å². The van der Waals surface area contributed by atoms with E-state index in [2.05, 4.69) is 87.9 Å². The lowest BCUT2D eigenvalue weighted by Gasteiger charge is -2.20. The monoisotopic (exact) mass is 859 g/mol. The number of esters is 2. The average Bonchev–Trinajstić information content (AvgIpc) is 3.22. The van der Waals surface area contributed by atoms with Gasteiger partial charge in [-0.15, -0.1) is 11.8 Å². The summed E-state index contributed by atoms with van der Waals surface area (Å²) in [5.41, 5.74) is 5.49. The lowest BCUT2D eigenvalue weighted by Crippen LogP contribution is -2.32. The molecule has 11 heteroatoms. The quantitative estimate of drug-likeness (QED) is 0.0202. The van der Waals surface area contributed by atoms with Gasteiger partial charge in [0.05, 0.1) is 45.8 Å². The molecule has 0 rings (SSSR count). The van der Waals surface area contributed by atoms with Crippen LogP contribution in [0.5, 0.6) is 0 Å². The highest BCUT2D eigenvalue weighted by Gasteiger charge is 2.25. The molecule has 0 aliphatic rings. The maximum absolute atomic E-state index is 13.7. The van der Waals surface area contributed by atoms with Gasteiger partial charge in [0.25, 0.3) is 0 Å². The van der Waals surface area contributed by atoms with Crippen molar-refractivity contribution in [2.75, 3.05) is 32.9 Å². The zero-order chi connectivity index (χ0) is 44.7. The molecule has 0 fully saturated rings. The molecule has 2 N–H and O–H groups in total. The van der Waals surface area contributed by atoms with Crippen LogP contribution in [0, 0.1) is 11.8 Å². The van der Waals surface area contributed by atoms with E-state index in [4.69, 9.17) is 14.0 Å². The third kappa shape index (κ3) is 36.7. The Morgan fingerprint density at radius 2 is 0.950 bits per heavy atom. The van der Waals surface area contributed by atoms with Crippen molar-refractivity contribution in [2.45, 2.75) is 196 Å². The molecule has 0 radical (unpaired) electrons. The van der Waals surface area contributed by atoms with Gasteiger partial charge in [0.15, 0.2) is 0 Å². The van der Waals surface area contributed by atoms with E-state index in [9.17, 15) is 23.7 Å². The van der Waals surface area contributed by atoms with Gasteiger partial charge in [-0.2, -0.15) is 0 Å². The Bertz CT molecular complexity index is 1400. The molecule has 60 heavy (non-hydrogen) atoms. The van der Waals surface area contributed by atoms with Crippen molar-refractivity contribution in [1.82, 2.24) is 10.2 Å². The van der Waals surface area contributed by atoms with Crippen molar-refractivity contribution in [2.24, 2.45) is 0 Å². The Hall–Kier alpha value is -3.09. The van der Waals surface area contributed by atoms with Crippen molar-refractivity contribution < 1.29 is 37.7 Å². The number of carbonyl (C=O) groups excluding carboxylic acids is 4. The van der Waals surface area contributed by atoms with E-state index in [0.717, 1.165) is 116 Å². The van der Waals surface area contributed by atoms with E-state index in [1.54, 1.807) is 0 Å². The molecule has 0 saturated carbocycles. The minimum Gasteiger partial charge on any atom is -0.466 e. The lowest BCUT2D eigenvalue weighted by molar-refractivity contribution is -0.145. The number of allylic oxidation sites excluding steroid dienone is 8. The van der Waals surface area contributed by atoms with Crippen LogP contribution < -0.4 is 10.2 Å². The second-order valence-electron chi connectivity index (χ2n) is 15.9. The van der Waals surface area contributed by atoms with Crippen LogP contribution in [0.25, 0.3) is 0 Å². The molecular formula is C49H83N2O8P. The Labute approximate surface area is 365 Å². The summed E-state index contributed by atoms with van der Waals surface area (Å²) in [7, 11) is -3.82. The third-order valence-electron chi connectivity index (χ3n) is 9.96. The van der Waals surface area contributed by atoms with Gasteiger partial charge in [-0.3, -0.25) is 23.7 Å². The first kappa shape index (κ1) is 56.9. The molecular weight excluding hydrogens is 776 g/mol. The molecule has 0 saturated heterocycles. The fourth-order valence-electron chi connectivity index (χ4n) is 6.05. The average molecular weight is 859 g/mol. The van der Waals surface area contributed by atoms with Crippen molar-refractivity contribution >= 4 is 31.2 Å². The number of hydrogen-bond donors (Lipinski definition) is 2. The van der Waals surface area contributed by atoms with E-state index in [0.29, 0.717) is 19.6 Å². The van der Waals surface area contributed by atoms with E-state index in [1.165, 1.54) is 22.3 Å². The number of unbranched alkanes of at least 4 members (excludes halogenated alkanes) is 8. The van der Waals surface area contributed by atoms with Gasteiger partial charge < -0.3 is 14.0 Å². The predicted octanol–water partition coefficient (Wildman–Crippen LogP) is 12.3. The zero-order valence-corrected chi connectivity index (χ0v) is 39.7. The van der Waals surface area contributed by atoms with Gasteiger partial charge in [0, 0.05) is 19.3 Å². The number of ether oxygens (including phenoxy) is 2. The molecule has 0 aromatic rings. The smallest absolute Gasteiger partial charge is 0.341 e. The molecule has 0 unspecified atom stereocenters. The number of carbonyl (C=O) groups is 4. The third-order valence-corrected chi connectivity index (χ3v) is 11.7. The number of rotatable bonds is 39. The molecule has 0 amide bonds. The number of Topliss-reactive ketones (excluding diaryl/α,β-unsaturated/α-hetero) is 2. The largest absolute Gasteiger partial charge is 0.466 e. The lowest BCUT2D eigenvalue weighted by atomic mass is 10.0. The molecule has 0 atom stereocenters. The highest BCUT2D eigenvalue weighted by Crippen LogP contribution is 2.37. The van der Waals surface area contributed by atoms with Gasteiger partial charge in [-0.25, -0.2) is 10.2 Å². The second-order valence-corrected chi connectivity index (χ2v) is 17.9. The summed E-state index contributed by atoms with van der Waals surface area (Å²) in [4.78, 5) is 49.4. The fourth-order valence-corrected chi connectivity index (χ4v) is 7.50. The minimum absolute atomic E-state index is 0.0626. The molecule has 0 aromatic carbocycles. The van der Waals surface area contributed by atoms with Gasteiger partial charge in [-0.1, -0.05) is 99.0 Å². The van der Waals surface area contributed by atoms with Crippen molar-refractivity contribution in [3.63, 3.8) is 0 Å². The van der Waals surface area contributed by atoms with Crippen LogP contribution in [0.15, 0.2) is 46.6 Å². The normalized spacial score (nSPS) is 12.6. The van der Waals surface area contributed by atoms with Gasteiger partial charge >= 0.3 is 19.6 Å². The molecule has 0 aliphatic heterocycles. The van der Waals surface area contributed by atoms with Crippen LogP contribution in [-0.4, -0.2) is 56.4 Å². The van der Waals surface area contributed by atoms with E-state index >= 15 is 0 Å². The van der Waals surface area contributed by atoms with Crippen LogP contribution in [0.4, 0.5) is 0 Å². The van der Waals surface area contributed by atoms with Crippen LogP contribution in [-0.2, 0) is 37.7 Å². The summed E-state index contributed by atoms with van der Waals surface area (Å²) in [6, 6.07) is 0. The summed E-state index contributed by atoms with van der Waals surface area (Å²) in [6.45, 7) is 15.0. The number of hydrogen-bond acceptors (Lipinski definition) is 8. The van der Waals surface area contributed by atoms with E-state index in [-0.39, 0.29) is 56.9 Å². The Balaban J connectivity index is 4.86. The zero-order valence-electron chi connectivity index (χ0n) is 38.8. The first-order valence-electron chi connectivity index (χ1n) is 23.0. The van der Waals surface area contributed by atoms with E-state index < -0.39 is 19.6 Å². The van der Waals surface area contributed by atoms with Crippen molar-refractivity contribution in [1.29, 1.82) is 0 Å². The van der Waals surface area contributed by atoms with Gasteiger partial charge in [-0.05, 0) is 112 Å². The highest BCUT2D eigenvalue weighted by atomic mass is 31.2. The summed E-state index contributed by atoms with van der Waals surface area (Å²) in [5.74, 6) is 4.56. The first-order chi connectivity index (χ1) is 28.8. The van der Waals surface area contributed by atoms with Gasteiger partial charge in [0.2, 0.25) is 0 Å². The Kier molecular flexibility index (Phi) is 36.8. The van der Waals surface area contributed by atoms with Crippen LogP contribution in [0.2, 0.25) is 0 Å². The maximum Gasteiger partial charge on any atom is 0.341 e. The van der Waals surface area contributed by atoms with Crippen LogP contribution in [0.1, 0.15) is 196 Å². The minimum atomic E-state index is -3.82. The molecule has 0 aromatic heterocycles. The molecule has 10 nitrogen and oxygen atoms in total. The molecule has 0 bridgehead atoms. The maximum atomic E-state index is 13.7. The summed E-state index contributed by atoms with van der Waals surface area (Å²) in [6.07, 6.45) is 27.7. The Morgan fingerprint density at radius 3 is 1.40 bits per heavy atom. The van der Waals surface area contributed by atoms with Crippen molar-refractivity contribution in [3.05, 3.63) is 46.6 Å². The van der Waals surface area contributed by atoms with Gasteiger partial charge in [0.1, 0.15) is 11.6 Å². The predicted molar refractivity (Wildman–Crippen MR) is 248 cm³/mol. The Morgan fingerprint density at radius 1 is 0.517 bits per heavy atom. The fraction of sp³-hybridized carbons (Fsp3) is 0.714. The van der Waals surface area contributed by atoms with E-state index in [1.807, 2.05) is 6.92 Å². The molecule has 0 aliphatic carbocycles. The first-order valence-corrected chi connectivity index (χ1v) is 24.6. The molecule has 0 spiro atoms. The summed E-state index contributed by atoms with van der Waals surface area (Å²) in [5, 5.41) is 5.36. The standard InChI is InChI=1S/C49H83N2O8P/c1-8-11-14-17-25-42(4)28-22-29-43(5)26-18-19-27-44(6)30-23-31-45(7)32-24-39-59-60(56,50-40-46(52)33-35-48(54)57-37-20-15-12-9-2)51-41-47(53)34-36-49(55)58-38-21-16-13-10-3/h26-28,31H,9-10,12-25,29-30,32-41H2,1-7H3,(H2,50,51,56)/b42-28+,43-26+,44-27+,45-31+. The van der Waals surface area contributed by atoms with Crippen LogP contribution in [0.3, 0.4) is 0 Å². The number of ketones is 2. The highest BCUT2D eigenvalue weighted by molar-refractivity contribution is 7.54. The summed E-state index contributed by atoms with van der Waals surface area (Å²) < 4.78 is 29.9. The number of nitrogens with one attached hydrogen (secondary N) is 2. The molecule has 342 valence electrons. The second kappa shape index (κ2) is 38.8. The topological polar surface area (TPSA) is 137 Å². The molecule has 0 heterocycles. The summed E-state index contributed by atoms with van der Waals surface area (Å²) >= 11 is 0. The SMILES string of the molecule is CC#CCCC/C(C)=C/CC/C(C)=C/CC/C=C(\C)CC/C=C(\C)CCCOP(=O)(NCC(=O)CCC(=O)OCCCCCC)NCC(=O)CCC(=O)OCCCCCC.